The van der Waals surface area contributed by atoms with Crippen molar-refractivity contribution in [2.45, 2.75) is 13.8 Å². The van der Waals surface area contributed by atoms with Crippen molar-refractivity contribution in [3.8, 4) is 0 Å². The topological polar surface area (TPSA) is 26.0 Å². The van der Waals surface area contributed by atoms with Crippen LogP contribution in [-0.2, 0) is 0 Å². The Hall–Kier alpha value is -0.500. The second-order valence-corrected chi connectivity index (χ2v) is 2.96. The zero-order valence-corrected chi connectivity index (χ0v) is 5.88. The molecule has 0 fully saturated rings. The van der Waals surface area contributed by atoms with Gasteiger partial charge in [-0.05, 0) is 19.4 Å². The van der Waals surface area contributed by atoms with Gasteiger partial charge in [0.15, 0.2) is 0 Å². The Bertz CT molecular complexity index is 171. The molecule has 0 aliphatic rings. The Morgan fingerprint density at radius 2 is 2.12 bits per heavy atom. The largest absolute Gasteiger partial charge is 0.398 e. The van der Waals surface area contributed by atoms with Gasteiger partial charge in [0.2, 0.25) is 0 Å². The summed E-state index contributed by atoms with van der Waals surface area (Å²) in [5.74, 6) is 0. The molecule has 1 aromatic heterocycles. The monoisotopic (exact) mass is 127 g/mol. The van der Waals surface area contributed by atoms with E-state index >= 15 is 0 Å². The van der Waals surface area contributed by atoms with Gasteiger partial charge in [0.25, 0.3) is 0 Å². The summed E-state index contributed by atoms with van der Waals surface area (Å²) in [6.07, 6.45) is 0. The van der Waals surface area contributed by atoms with E-state index in [0.29, 0.717) is 0 Å². The summed E-state index contributed by atoms with van der Waals surface area (Å²) < 4.78 is 0. The molecule has 1 heterocycles. The van der Waals surface area contributed by atoms with E-state index in [4.69, 9.17) is 5.73 Å². The van der Waals surface area contributed by atoms with E-state index in [1.165, 1.54) is 10.4 Å². The maximum Gasteiger partial charge on any atom is 0.0455 e. The molecule has 0 unspecified atom stereocenters. The number of nitrogen functional groups attached to an aromatic ring is 1. The van der Waals surface area contributed by atoms with E-state index < -0.39 is 0 Å². The average Bonchev–Trinajstić information content (AvgIpc) is 1.98. The first-order chi connectivity index (χ1) is 3.72. The molecule has 1 aromatic rings. The Labute approximate surface area is 53.1 Å². The van der Waals surface area contributed by atoms with Crippen LogP contribution in [0, 0.1) is 13.8 Å². The summed E-state index contributed by atoms with van der Waals surface area (Å²) in [4.78, 5) is 1.32. The van der Waals surface area contributed by atoms with Gasteiger partial charge in [-0.1, -0.05) is 0 Å². The van der Waals surface area contributed by atoms with Crippen LogP contribution in [0.5, 0.6) is 0 Å². The molecule has 0 atom stereocenters. The number of anilines is 1. The normalized spacial score (nSPS) is 9.75. The second kappa shape index (κ2) is 1.78. The van der Waals surface area contributed by atoms with Crippen LogP contribution in [0.25, 0.3) is 0 Å². The third-order valence-corrected chi connectivity index (χ3v) is 2.36. The average molecular weight is 127 g/mol. The van der Waals surface area contributed by atoms with Gasteiger partial charge in [-0.25, -0.2) is 0 Å². The van der Waals surface area contributed by atoms with Gasteiger partial charge in [-0.3, -0.25) is 0 Å². The minimum atomic E-state index is 0.924. The van der Waals surface area contributed by atoms with Crippen molar-refractivity contribution in [2.24, 2.45) is 0 Å². The number of hydrogen-bond donors (Lipinski definition) is 1. The van der Waals surface area contributed by atoms with E-state index in [9.17, 15) is 0 Å². The van der Waals surface area contributed by atoms with Gasteiger partial charge in [-0.2, -0.15) is 0 Å². The first kappa shape index (κ1) is 5.63. The van der Waals surface area contributed by atoms with Crippen molar-refractivity contribution in [3.63, 3.8) is 0 Å². The maximum atomic E-state index is 5.55. The van der Waals surface area contributed by atoms with Crippen LogP contribution in [0.4, 0.5) is 5.69 Å². The number of nitrogens with two attached hydrogens (primary N) is 1. The quantitative estimate of drug-likeness (QED) is 0.566. The van der Waals surface area contributed by atoms with Crippen molar-refractivity contribution >= 4 is 17.0 Å². The molecule has 0 saturated heterocycles. The lowest BCUT2D eigenvalue weighted by atomic mass is 10.3. The lowest BCUT2D eigenvalue weighted by Crippen LogP contribution is -1.82. The van der Waals surface area contributed by atoms with E-state index in [-0.39, 0.29) is 0 Å². The van der Waals surface area contributed by atoms with Crippen LogP contribution < -0.4 is 5.73 Å². The Morgan fingerprint density at radius 1 is 1.50 bits per heavy atom. The Kier molecular flexibility index (Phi) is 1.26. The van der Waals surface area contributed by atoms with Crippen molar-refractivity contribution in [3.05, 3.63) is 15.8 Å². The summed E-state index contributed by atoms with van der Waals surface area (Å²) >= 11 is 1.71. The highest BCUT2D eigenvalue weighted by Crippen LogP contribution is 2.21. The van der Waals surface area contributed by atoms with Crippen LogP contribution in [-0.4, -0.2) is 0 Å². The molecule has 0 amide bonds. The third kappa shape index (κ3) is 0.713. The van der Waals surface area contributed by atoms with Gasteiger partial charge in [0, 0.05) is 15.9 Å². The van der Waals surface area contributed by atoms with Crippen LogP contribution in [0.1, 0.15) is 10.4 Å². The minimum Gasteiger partial charge on any atom is -0.398 e. The molecular weight excluding hydrogens is 118 g/mol. The van der Waals surface area contributed by atoms with Crippen molar-refractivity contribution in [1.29, 1.82) is 0 Å². The smallest absolute Gasteiger partial charge is 0.0455 e. The molecule has 1 rings (SSSR count). The predicted molar refractivity (Wildman–Crippen MR) is 38.2 cm³/mol. The molecule has 0 saturated carbocycles. The minimum absolute atomic E-state index is 0.924. The highest BCUT2D eigenvalue weighted by molar-refractivity contribution is 7.10. The molecule has 8 heavy (non-hydrogen) atoms. The lowest BCUT2D eigenvalue weighted by Gasteiger charge is -1.86. The fourth-order valence-electron chi connectivity index (χ4n) is 0.532. The zero-order valence-electron chi connectivity index (χ0n) is 5.06. The summed E-state index contributed by atoms with van der Waals surface area (Å²) in [6.45, 7) is 4.12. The Morgan fingerprint density at radius 3 is 2.25 bits per heavy atom. The first-order valence-corrected chi connectivity index (χ1v) is 3.40. The zero-order chi connectivity index (χ0) is 6.15. The van der Waals surface area contributed by atoms with Crippen LogP contribution >= 0.6 is 11.3 Å². The van der Waals surface area contributed by atoms with E-state index in [1.807, 2.05) is 12.3 Å². The van der Waals surface area contributed by atoms with Gasteiger partial charge in [0.05, 0.1) is 0 Å². The van der Waals surface area contributed by atoms with Crippen molar-refractivity contribution < 1.29 is 0 Å². The molecule has 2 heteroatoms. The van der Waals surface area contributed by atoms with Crippen LogP contribution in [0.2, 0.25) is 0 Å². The third-order valence-electron chi connectivity index (χ3n) is 1.32. The SMILES string of the molecule is Cc1scc(N)c1C. The van der Waals surface area contributed by atoms with E-state index in [2.05, 4.69) is 6.92 Å². The van der Waals surface area contributed by atoms with Gasteiger partial charge in [0.1, 0.15) is 0 Å². The second-order valence-electron chi connectivity index (χ2n) is 1.87. The summed E-state index contributed by atoms with van der Waals surface area (Å²) in [5.41, 5.74) is 7.71. The van der Waals surface area contributed by atoms with Gasteiger partial charge < -0.3 is 5.73 Å². The Balaban J connectivity index is 3.19. The molecule has 1 nitrogen and oxygen atoms in total. The summed E-state index contributed by atoms with van der Waals surface area (Å²) in [7, 11) is 0. The molecule has 0 aliphatic heterocycles. The summed E-state index contributed by atoms with van der Waals surface area (Å²) in [5, 5.41) is 1.98. The molecule has 0 aromatic carbocycles. The highest BCUT2D eigenvalue weighted by atomic mass is 32.1. The van der Waals surface area contributed by atoms with Crippen molar-refractivity contribution in [1.82, 2.24) is 0 Å². The number of hydrogen-bond acceptors (Lipinski definition) is 2. The summed E-state index contributed by atoms with van der Waals surface area (Å²) in [6, 6.07) is 0. The van der Waals surface area contributed by atoms with Crippen LogP contribution in [0.15, 0.2) is 5.38 Å². The fraction of sp³-hybridized carbons (Fsp3) is 0.333. The first-order valence-electron chi connectivity index (χ1n) is 2.52. The van der Waals surface area contributed by atoms with Crippen molar-refractivity contribution in [2.75, 3.05) is 5.73 Å². The van der Waals surface area contributed by atoms with Gasteiger partial charge >= 0.3 is 0 Å². The number of rotatable bonds is 0. The highest BCUT2D eigenvalue weighted by Gasteiger charge is 1.96. The molecular formula is C6H9NS. The lowest BCUT2D eigenvalue weighted by molar-refractivity contribution is 1.44. The molecule has 0 bridgehead atoms. The standard InChI is InChI=1S/C6H9NS/c1-4-5(2)8-3-6(4)7/h3H,7H2,1-2H3. The van der Waals surface area contributed by atoms with Crippen LogP contribution in [0.3, 0.4) is 0 Å². The predicted octanol–water partition coefficient (Wildman–Crippen LogP) is 1.95. The van der Waals surface area contributed by atoms with E-state index in [1.54, 1.807) is 11.3 Å². The maximum absolute atomic E-state index is 5.55. The number of thiophene rings is 1. The molecule has 0 spiro atoms. The fourth-order valence-corrected chi connectivity index (χ4v) is 1.31. The van der Waals surface area contributed by atoms with Gasteiger partial charge in [-0.15, -0.1) is 11.3 Å². The number of aryl methyl sites for hydroxylation is 1. The molecule has 0 aliphatic carbocycles. The molecule has 2 N–H and O–H groups in total. The molecule has 0 radical (unpaired) electrons. The van der Waals surface area contributed by atoms with E-state index in [0.717, 1.165) is 5.69 Å². The molecule has 44 valence electrons.